The van der Waals surface area contributed by atoms with Gasteiger partial charge in [-0.05, 0) is 51.8 Å². The number of hydrogen-bond donors (Lipinski definition) is 1. The number of cyclic esters (lactones) is 1. The highest BCUT2D eigenvalue weighted by atomic mass is 16.6. The zero-order chi connectivity index (χ0) is 21.3. The van der Waals surface area contributed by atoms with E-state index in [-0.39, 0.29) is 24.2 Å². The van der Waals surface area contributed by atoms with Crippen molar-refractivity contribution in [2.45, 2.75) is 51.6 Å². The van der Waals surface area contributed by atoms with Gasteiger partial charge in [-0.2, -0.15) is 0 Å². The van der Waals surface area contributed by atoms with E-state index in [0.717, 1.165) is 29.9 Å². The van der Waals surface area contributed by atoms with Gasteiger partial charge in [-0.3, -0.25) is 14.6 Å². The van der Waals surface area contributed by atoms with Crippen LogP contribution < -0.4 is 5.32 Å². The van der Waals surface area contributed by atoms with Crippen molar-refractivity contribution in [2.24, 2.45) is 5.92 Å². The van der Waals surface area contributed by atoms with Crippen molar-refractivity contribution in [2.75, 3.05) is 18.4 Å². The zero-order valence-electron chi connectivity index (χ0n) is 17.6. The minimum absolute atomic E-state index is 0.0186. The number of nitrogens with one attached hydrogen (secondary N) is 1. The number of piperidine rings is 1. The van der Waals surface area contributed by atoms with Gasteiger partial charge in [0.2, 0.25) is 11.9 Å². The van der Waals surface area contributed by atoms with Gasteiger partial charge in [0.15, 0.2) is 0 Å². The van der Waals surface area contributed by atoms with Crippen molar-refractivity contribution in [3.8, 4) is 0 Å². The van der Waals surface area contributed by atoms with E-state index in [0.29, 0.717) is 19.0 Å². The zero-order valence-corrected chi connectivity index (χ0v) is 17.6. The third-order valence-corrected chi connectivity index (χ3v) is 5.91. The predicted molar refractivity (Wildman–Crippen MR) is 111 cm³/mol. The molecule has 4 rings (SSSR count). The van der Waals surface area contributed by atoms with E-state index >= 15 is 0 Å². The van der Waals surface area contributed by atoms with E-state index in [1.807, 2.05) is 37.8 Å². The molecule has 2 aliphatic heterocycles. The molecular formula is C22H27N5O3. The first-order chi connectivity index (χ1) is 14.3. The summed E-state index contributed by atoms with van der Waals surface area (Å²) < 4.78 is 5.33. The second kappa shape index (κ2) is 8.01. The highest BCUT2D eigenvalue weighted by Gasteiger charge is 2.47. The number of aromatic nitrogens is 3. The Hall–Kier alpha value is -3.03. The maximum atomic E-state index is 13.0. The second-order valence-electron chi connectivity index (χ2n) is 8.55. The molecule has 8 heteroatoms. The number of carbonyl (C=O) groups is 2. The predicted octanol–water partition coefficient (Wildman–Crippen LogP) is 2.97. The molecule has 30 heavy (non-hydrogen) atoms. The summed E-state index contributed by atoms with van der Waals surface area (Å²) in [6, 6.07) is 5.79. The van der Waals surface area contributed by atoms with Gasteiger partial charge in [0.25, 0.3) is 0 Å². The molecule has 1 unspecified atom stereocenters. The number of aryl methyl sites for hydroxylation is 1. The summed E-state index contributed by atoms with van der Waals surface area (Å²) >= 11 is 0. The van der Waals surface area contributed by atoms with Crippen LogP contribution in [0.25, 0.3) is 0 Å². The fourth-order valence-electron chi connectivity index (χ4n) is 4.29. The van der Waals surface area contributed by atoms with E-state index in [4.69, 9.17) is 9.72 Å². The van der Waals surface area contributed by atoms with Gasteiger partial charge in [-0.15, -0.1) is 0 Å². The first-order valence-electron chi connectivity index (χ1n) is 10.3. The molecule has 0 spiro atoms. The van der Waals surface area contributed by atoms with Gasteiger partial charge >= 0.3 is 5.97 Å². The first kappa shape index (κ1) is 20.3. The Balaban J connectivity index is 1.42. The number of anilines is 2. The lowest BCUT2D eigenvalue weighted by Crippen LogP contribution is -2.46. The van der Waals surface area contributed by atoms with Gasteiger partial charge < -0.3 is 15.0 Å². The molecule has 2 aromatic rings. The molecule has 2 fully saturated rings. The highest BCUT2D eigenvalue weighted by Crippen LogP contribution is 2.36. The molecule has 2 saturated heterocycles. The van der Waals surface area contributed by atoms with E-state index in [1.165, 1.54) is 0 Å². The number of carbonyl (C=O) groups excluding carboxylic acids is 2. The Labute approximate surface area is 176 Å². The fourth-order valence-corrected chi connectivity index (χ4v) is 4.29. The quantitative estimate of drug-likeness (QED) is 0.775. The molecule has 0 aliphatic carbocycles. The number of pyridine rings is 1. The summed E-state index contributed by atoms with van der Waals surface area (Å²) in [5.41, 5.74) is 2.11. The van der Waals surface area contributed by atoms with Crippen LogP contribution in [0.15, 0.2) is 30.6 Å². The highest BCUT2D eigenvalue weighted by molar-refractivity contribution is 5.87. The van der Waals surface area contributed by atoms with Crippen molar-refractivity contribution in [1.29, 1.82) is 0 Å². The van der Waals surface area contributed by atoms with Gasteiger partial charge in [0.1, 0.15) is 5.60 Å². The minimum atomic E-state index is -0.733. The van der Waals surface area contributed by atoms with Crippen LogP contribution in [0.5, 0.6) is 0 Å². The number of amides is 1. The molecule has 1 N–H and O–H groups in total. The van der Waals surface area contributed by atoms with E-state index < -0.39 is 11.5 Å². The topological polar surface area (TPSA) is 97.3 Å². The molecule has 1 amide bonds. The number of rotatable bonds is 4. The van der Waals surface area contributed by atoms with Crippen molar-refractivity contribution >= 4 is 23.5 Å². The fraction of sp³-hybridized carbons (Fsp3) is 0.500. The number of nitrogens with zero attached hydrogens (tertiary/aromatic N) is 4. The molecule has 0 bridgehead atoms. The molecule has 8 nitrogen and oxygen atoms in total. The summed E-state index contributed by atoms with van der Waals surface area (Å²) in [7, 11) is 0. The third-order valence-electron chi connectivity index (χ3n) is 5.91. The standard InChI is InChI=1S/C22H27N5O3/c1-14-11-16(26-21-23-7-4-8-24-21)12-18(25-14)15-5-9-27(10-6-15)20(29)17-13-19(28)30-22(17,2)3/h4,7-8,11-12,15,17H,5-6,9-10,13H2,1-3H3,(H,23,24,25,26). The smallest absolute Gasteiger partial charge is 0.307 e. The number of ether oxygens (including phenoxy) is 1. The monoisotopic (exact) mass is 409 g/mol. The molecule has 0 aromatic carbocycles. The summed E-state index contributed by atoms with van der Waals surface area (Å²) in [4.78, 5) is 39.7. The largest absolute Gasteiger partial charge is 0.459 e. The van der Waals surface area contributed by atoms with Crippen LogP contribution in [0.4, 0.5) is 11.6 Å². The molecule has 1 atom stereocenters. The van der Waals surface area contributed by atoms with Crippen LogP contribution in [0.2, 0.25) is 0 Å². The van der Waals surface area contributed by atoms with Crippen molar-refractivity contribution in [1.82, 2.24) is 19.9 Å². The molecular weight excluding hydrogens is 382 g/mol. The molecule has 0 radical (unpaired) electrons. The van der Waals surface area contributed by atoms with Crippen LogP contribution in [-0.2, 0) is 14.3 Å². The first-order valence-corrected chi connectivity index (χ1v) is 10.3. The van der Waals surface area contributed by atoms with E-state index in [2.05, 4.69) is 15.3 Å². The van der Waals surface area contributed by atoms with Crippen molar-refractivity contribution in [3.05, 3.63) is 42.0 Å². The lowest BCUT2D eigenvalue weighted by Gasteiger charge is -2.35. The lowest BCUT2D eigenvalue weighted by molar-refractivity contribution is -0.149. The Kier molecular flexibility index (Phi) is 5.40. The van der Waals surface area contributed by atoms with Crippen molar-refractivity contribution in [3.63, 3.8) is 0 Å². The maximum absolute atomic E-state index is 13.0. The number of likely N-dealkylation sites (tertiary alicyclic amines) is 1. The van der Waals surface area contributed by atoms with Crippen LogP contribution in [0.1, 0.15) is 50.4 Å². The molecule has 158 valence electrons. The Morgan fingerprint density at radius 2 is 1.90 bits per heavy atom. The molecule has 2 aliphatic rings. The average molecular weight is 409 g/mol. The van der Waals surface area contributed by atoms with Crippen molar-refractivity contribution < 1.29 is 14.3 Å². The van der Waals surface area contributed by atoms with Gasteiger partial charge in [-0.25, -0.2) is 9.97 Å². The summed E-state index contributed by atoms with van der Waals surface area (Å²) in [6.45, 7) is 6.91. The normalized spacial score (nSPS) is 21.4. The SMILES string of the molecule is Cc1cc(Nc2ncccn2)cc(C2CCN(C(=O)C3CC(=O)OC3(C)C)CC2)n1. The number of hydrogen-bond acceptors (Lipinski definition) is 7. The van der Waals surface area contributed by atoms with Gasteiger partial charge in [0, 0.05) is 48.5 Å². The molecule has 4 heterocycles. The maximum Gasteiger partial charge on any atom is 0.307 e. The van der Waals surface area contributed by atoms with Gasteiger partial charge in [0.05, 0.1) is 12.3 Å². The molecule has 2 aromatic heterocycles. The minimum Gasteiger partial charge on any atom is -0.459 e. The van der Waals surface area contributed by atoms with Crippen LogP contribution in [0.3, 0.4) is 0 Å². The Morgan fingerprint density at radius 3 is 2.53 bits per heavy atom. The summed E-state index contributed by atoms with van der Waals surface area (Å²) in [6.07, 6.45) is 5.24. The Morgan fingerprint density at radius 1 is 1.20 bits per heavy atom. The van der Waals surface area contributed by atoms with Crippen LogP contribution in [-0.4, -0.2) is 50.4 Å². The molecule has 0 saturated carbocycles. The second-order valence-corrected chi connectivity index (χ2v) is 8.55. The Bertz CT molecular complexity index is 939. The lowest BCUT2D eigenvalue weighted by atomic mass is 9.87. The van der Waals surface area contributed by atoms with E-state index in [1.54, 1.807) is 18.5 Å². The van der Waals surface area contributed by atoms with Crippen LogP contribution >= 0.6 is 0 Å². The van der Waals surface area contributed by atoms with Gasteiger partial charge in [-0.1, -0.05) is 0 Å². The third kappa shape index (κ3) is 4.27. The summed E-state index contributed by atoms with van der Waals surface area (Å²) in [5.74, 6) is 0.149. The number of esters is 1. The summed E-state index contributed by atoms with van der Waals surface area (Å²) in [5, 5.41) is 3.23. The average Bonchev–Trinajstić information content (AvgIpc) is 3.00. The van der Waals surface area contributed by atoms with E-state index in [9.17, 15) is 9.59 Å². The van der Waals surface area contributed by atoms with Crippen LogP contribution in [0, 0.1) is 12.8 Å².